The van der Waals surface area contributed by atoms with Crippen LogP contribution in [0, 0.1) is 13.8 Å². The van der Waals surface area contributed by atoms with E-state index in [2.05, 4.69) is 15.1 Å². The zero-order valence-corrected chi connectivity index (χ0v) is 15.5. The van der Waals surface area contributed by atoms with E-state index in [0.29, 0.717) is 31.2 Å². The number of fused-ring (bicyclic) bond motifs is 1. The van der Waals surface area contributed by atoms with Gasteiger partial charge in [-0.05, 0) is 26.0 Å². The molecule has 0 atom stereocenters. The summed E-state index contributed by atoms with van der Waals surface area (Å²) in [5.74, 6) is 1.36. The van der Waals surface area contributed by atoms with Crippen molar-refractivity contribution in [3.63, 3.8) is 0 Å². The van der Waals surface area contributed by atoms with Gasteiger partial charge in [0.2, 0.25) is 11.8 Å². The van der Waals surface area contributed by atoms with Gasteiger partial charge in [0.25, 0.3) is 0 Å². The van der Waals surface area contributed by atoms with Crippen LogP contribution in [0.1, 0.15) is 29.9 Å². The number of hydrogen-bond acceptors (Lipinski definition) is 6. The van der Waals surface area contributed by atoms with Crippen molar-refractivity contribution >= 4 is 16.9 Å². The molecule has 1 aliphatic heterocycles. The third-order valence-electron chi connectivity index (χ3n) is 5.02. The molecule has 3 aromatic rings. The normalized spacial score (nSPS) is 15.3. The molecule has 2 aromatic heterocycles. The Morgan fingerprint density at radius 2 is 1.96 bits per heavy atom. The molecule has 7 heteroatoms. The molecule has 0 radical (unpaired) electrons. The monoisotopic (exact) mass is 366 g/mol. The van der Waals surface area contributed by atoms with E-state index in [-0.39, 0.29) is 12.0 Å². The standard InChI is InChI=1S/C20H22N4O3/c1-13-16(14(2)27-23-13)11-20(25)24-9-7-15(8-10-24)26-19-12-21-17-5-3-4-6-18(17)22-19/h3-6,12,15H,7-11H2,1-2H3. The first-order valence-electron chi connectivity index (χ1n) is 9.18. The zero-order chi connectivity index (χ0) is 18.8. The number of aromatic nitrogens is 3. The van der Waals surface area contributed by atoms with Crippen LogP contribution in [-0.4, -0.2) is 45.1 Å². The number of para-hydroxylation sites is 2. The van der Waals surface area contributed by atoms with E-state index >= 15 is 0 Å². The molecular formula is C20H22N4O3. The topological polar surface area (TPSA) is 81.4 Å². The van der Waals surface area contributed by atoms with Gasteiger partial charge in [0.15, 0.2) is 0 Å². The fraction of sp³-hybridized carbons (Fsp3) is 0.400. The molecule has 1 saturated heterocycles. The van der Waals surface area contributed by atoms with Gasteiger partial charge in [-0.1, -0.05) is 17.3 Å². The number of hydrogen-bond donors (Lipinski definition) is 0. The van der Waals surface area contributed by atoms with E-state index in [1.54, 1.807) is 6.20 Å². The van der Waals surface area contributed by atoms with Crippen LogP contribution in [0.3, 0.4) is 0 Å². The maximum Gasteiger partial charge on any atom is 0.233 e. The van der Waals surface area contributed by atoms with Crippen LogP contribution in [0.25, 0.3) is 11.0 Å². The Kier molecular flexibility index (Phi) is 4.75. The molecular weight excluding hydrogens is 344 g/mol. The number of benzene rings is 1. The number of carbonyl (C=O) groups is 1. The van der Waals surface area contributed by atoms with Gasteiger partial charge in [-0.3, -0.25) is 4.79 Å². The first kappa shape index (κ1) is 17.5. The number of rotatable bonds is 4. The predicted octanol–water partition coefficient (Wildman–Crippen LogP) is 2.85. The Bertz CT molecular complexity index is 941. The second-order valence-electron chi connectivity index (χ2n) is 6.87. The van der Waals surface area contributed by atoms with E-state index in [9.17, 15) is 4.79 Å². The van der Waals surface area contributed by atoms with Crippen molar-refractivity contribution in [3.8, 4) is 5.88 Å². The van der Waals surface area contributed by atoms with Gasteiger partial charge >= 0.3 is 0 Å². The maximum atomic E-state index is 12.6. The maximum absolute atomic E-state index is 12.6. The average molecular weight is 366 g/mol. The molecule has 1 aromatic carbocycles. The first-order chi connectivity index (χ1) is 13.1. The van der Waals surface area contributed by atoms with Crippen LogP contribution < -0.4 is 4.74 Å². The molecule has 0 spiro atoms. The molecule has 140 valence electrons. The lowest BCUT2D eigenvalue weighted by molar-refractivity contribution is -0.132. The summed E-state index contributed by atoms with van der Waals surface area (Å²) in [6.07, 6.45) is 3.60. The number of ether oxygens (including phenoxy) is 1. The van der Waals surface area contributed by atoms with E-state index in [0.717, 1.165) is 35.1 Å². The molecule has 3 heterocycles. The van der Waals surface area contributed by atoms with Gasteiger partial charge in [-0.15, -0.1) is 0 Å². The van der Waals surface area contributed by atoms with Crippen LogP contribution >= 0.6 is 0 Å². The van der Waals surface area contributed by atoms with Crippen molar-refractivity contribution in [2.24, 2.45) is 0 Å². The van der Waals surface area contributed by atoms with Gasteiger partial charge in [-0.2, -0.15) is 0 Å². The largest absolute Gasteiger partial charge is 0.473 e. The minimum Gasteiger partial charge on any atom is -0.473 e. The van der Waals surface area contributed by atoms with Crippen LogP contribution in [-0.2, 0) is 11.2 Å². The van der Waals surface area contributed by atoms with Crippen molar-refractivity contribution in [2.75, 3.05) is 13.1 Å². The Balaban J connectivity index is 1.33. The Morgan fingerprint density at radius 3 is 2.67 bits per heavy atom. The summed E-state index contributed by atoms with van der Waals surface area (Å²) in [6.45, 7) is 5.05. The van der Waals surface area contributed by atoms with Gasteiger partial charge in [-0.25, -0.2) is 9.97 Å². The molecule has 1 aliphatic rings. The first-order valence-corrected chi connectivity index (χ1v) is 9.18. The lowest BCUT2D eigenvalue weighted by atomic mass is 10.1. The predicted molar refractivity (Wildman–Crippen MR) is 99.4 cm³/mol. The van der Waals surface area contributed by atoms with Crippen LogP contribution in [0.2, 0.25) is 0 Å². The minimum atomic E-state index is 0.0450. The van der Waals surface area contributed by atoms with Crippen molar-refractivity contribution < 1.29 is 14.1 Å². The smallest absolute Gasteiger partial charge is 0.233 e. The SMILES string of the molecule is Cc1noc(C)c1CC(=O)N1CCC(Oc2cnc3ccccc3n2)CC1. The summed E-state index contributed by atoms with van der Waals surface area (Å²) in [5, 5.41) is 3.92. The molecule has 0 aliphatic carbocycles. The lowest BCUT2D eigenvalue weighted by Gasteiger charge is -2.32. The molecule has 1 fully saturated rings. The third-order valence-corrected chi connectivity index (χ3v) is 5.02. The zero-order valence-electron chi connectivity index (χ0n) is 15.5. The molecule has 0 unspecified atom stereocenters. The van der Waals surface area contributed by atoms with Gasteiger partial charge in [0, 0.05) is 31.5 Å². The summed E-state index contributed by atoms with van der Waals surface area (Å²) in [7, 11) is 0. The minimum absolute atomic E-state index is 0.0450. The van der Waals surface area contributed by atoms with Crippen LogP contribution in [0.4, 0.5) is 0 Å². The van der Waals surface area contributed by atoms with Crippen molar-refractivity contribution in [1.82, 2.24) is 20.0 Å². The van der Waals surface area contributed by atoms with Gasteiger partial charge in [0.05, 0.1) is 29.3 Å². The van der Waals surface area contributed by atoms with E-state index in [1.807, 2.05) is 43.0 Å². The molecule has 0 bridgehead atoms. The van der Waals surface area contributed by atoms with Gasteiger partial charge < -0.3 is 14.2 Å². The molecule has 1 amide bonds. The fourth-order valence-electron chi connectivity index (χ4n) is 3.41. The number of carbonyl (C=O) groups excluding carboxylic acids is 1. The molecule has 4 rings (SSSR count). The van der Waals surface area contributed by atoms with Gasteiger partial charge in [0.1, 0.15) is 11.9 Å². The summed E-state index contributed by atoms with van der Waals surface area (Å²) in [5.41, 5.74) is 3.35. The Labute approximate surface area is 157 Å². The highest BCUT2D eigenvalue weighted by molar-refractivity contribution is 5.79. The van der Waals surface area contributed by atoms with E-state index < -0.39 is 0 Å². The highest BCUT2D eigenvalue weighted by Gasteiger charge is 2.25. The van der Waals surface area contributed by atoms with E-state index in [4.69, 9.17) is 9.26 Å². The molecule has 0 saturated carbocycles. The number of amides is 1. The summed E-state index contributed by atoms with van der Waals surface area (Å²) >= 11 is 0. The van der Waals surface area contributed by atoms with Crippen molar-refractivity contribution in [3.05, 3.63) is 47.5 Å². The Morgan fingerprint density at radius 1 is 1.22 bits per heavy atom. The highest BCUT2D eigenvalue weighted by atomic mass is 16.5. The summed E-state index contributed by atoms with van der Waals surface area (Å²) in [6, 6.07) is 7.72. The number of likely N-dealkylation sites (tertiary alicyclic amines) is 1. The van der Waals surface area contributed by atoms with Crippen LogP contribution in [0.15, 0.2) is 35.0 Å². The second-order valence-corrected chi connectivity index (χ2v) is 6.87. The quantitative estimate of drug-likeness (QED) is 0.706. The summed E-state index contributed by atoms with van der Waals surface area (Å²) < 4.78 is 11.1. The van der Waals surface area contributed by atoms with Crippen molar-refractivity contribution in [1.29, 1.82) is 0 Å². The fourth-order valence-corrected chi connectivity index (χ4v) is 3.41. The molecule has 0 N–H and O–H groups in total. The second kappa shape index (κ2) is 7.34. The number of aryl methyl sites for hydroxylation is 2. The van der Waals surface area contributed by atoms with Crippen LogP contribution in [0.5, 0.6) is 5.88 Å². The molecule has 27 heavy (non-hydrogen) atoms. The number of nitrogens with zero attached hydrogens (tertiary/aromatic N) is 4. The highest BCUT2D eigenvalue weighted by Crippen LogP contribution is 2.20. The van der Waals surface area contributed by atoms with E-state index in [1.165, 1.54) is 0 Å². The third kappa shape index (κ3) is 3.77. The average Bonchev–Trinajstić information content (AvgIpc) is 3.00. The summed E-state index contributed by atoms with van der Waals surface area (Å²) in [4.78, 5) is 23.4. The van der Waals surface area contributed by atoms with Crippen molar-refractivity contribution in [2.45, 2.75) is 39.2 Å². The lowest BCUT2D eigenvalue weighted by Crippen LogP contribution is -2.42. The Hall–Kier alpha value is -2.96. The number of piperidine rings is 1. The molecule has 7 nitrogen and oxygen atoms in total.